The minimum Gasteiger partial charge on any atom is -0.394 e. The highest BCUT2D eigenvalue weighted by Crippen LogP contribution is 2.25. The summed E-state index contributed by atoms with van der Waals surface area (Å²) >= 11 is 3.21. The number of aliphatic hydroxyl groups is 2. The van der Waals surface area contributed by atoms with Crippen molar-refractivity contribution in [2.24, 2.45) is 0 Å². The summed E-state index contributed by atoms with van der Waals surface area (Å²) in [5, 5.41) is 21.0. The third kappa shape index (κ3) is 3.81. The summed E-state index contributed by atoms with van der Waals surface area (Å²) in [4.78, 5) is 4.56. The van der Waals surface area contributed by atoms with Gasteiger partial charge in [-0.25, -0.2) is 4.98 Å². The average molecular weight is 281 g/mol. The summed E-state index contributed by atoms with van der Waals surface area (Å²) in [5.74, 6) is 1.30. The number of thioether (sulfide) groups is 1. The maximum atomic E-state index is 9.23. The minimum atomic E-state index is -0.637. The molecule has 1 heterocycles. The molecule has 0 fully saturated rings. The van der Waals surface area contributed by atoms with Crippen LogP contribution in [0.2, 0.25) is 0 Å². The Balaban J connectivity index is 1.91. The number of benzene rings is 1. The molecule has 2 N–H and O–H groups in total. The van der Waals surface area contributed by atoms with Crippen molar-refractivity contribution in [3.8, 4) is 10.6 Å². The lowest BCUT2D eigenvalue weighted by Gasteiger charge is -2.04. The SMILES string of the molecule is OCC(O)CSCc1csc(-c2ccccc2)n1. The van der Waals surface area contributed by atoms with Crippen LogP contribution < -0.4 is 0 Å². The molecule has 0 saturated heterocycles. The Kier molecular flexibility index (Phi) is 5.19. The van der Waals surface area contributed by atoms with E-state index in [1.165, 1.54) is 0 Å². The molecule has 96 valence electrons. The standard InChI is InChI=1S/C13H15NO2S2/c15-6-12(16)9-17-7-11-8-18-13(14-11)10-4-2-1-3-5-10/h1-5,8,12,15-16H,6-7,9H2. The van der Waals surface area contributed by atoms with Crippen LogP contribution in [0, 0.1) is 0 Å². The van der Waals surface area contributed by atoms with Crippen LogP contribution in [0.1, 0.15) is 5.69 Å². The van der Waals surface area contributed by atoms with Gasteiger partial charge in [0.1, 0.15) is 5.01 Å². The van der Waals surface area contributed by atoms with E-state index >= 15 is 0 Å². The van der Waals surface area contributed by atoms with Crippen molar-refractivity contribution in [2.75, 3.05) is 12.4 Å². The fourth-order valence-corrected chi connectivity index (χ4v) is 3.22. The first-order valence-electron chi connectivity index (χ1n) is 5.66. The van der Waals surface area contributed by atoms with Crippen molar-refractivity contribution in [1.29, 1.82) is 0 Å². The highest BCUT2D eigenvalue weighted by molar-refractivity contribution is 7.98. The zero-order valence-corrected chi connectivity index (χ0v) is 11.5. The van der Waals surface area contributed by atoms with E-state index < -0.39 is 6.10 Å². The second kappa shape index (κ2) is 6.89. The monoisotopic (exact) mass is 281 g/mol. The van der Waals surface area contributed by atoms with Crippen LogP contribution in [-0.4, -0.2) is 33.7 Å². The van der Waals surface area contributed by atoms with Gasteiger partial charge in [0.05, 0.1) is 18.4 Å². The zero-order valence-electron chi connectivity index (χ0n) is 9.82. The first-order valence-corrected chi connectivity index (χ1v) is 7.69. The summed E-state index contributed by atoms with van der Waals surface area (Å²) in [7, 11) is 0. The summed E-state index contributed by atoms with van der Waals surface area (Å²) in [5.41, 5.74) is 2.16. The van der Waals surface area contributed by atoms with Gasteiger partial charge >= 0.3 is 0 Å². The van der Waals surface area contributed by atoms with Gasteiger partial charge in [-0.2, -0.15) is 11.8 Å². The molecule has 2 rings (SSSR count). The van der Waals surface area contributed by atoms with Gasteiger partial charge in [0.25, 0.3) is 0 Å². The number of aliphatic hydroxyl groups excluding tert-OH is 2. The number of nitrogens with zero attached hydrogens (tertiary/aromatic N) is 1. The first-order chi connectivity index (χ1) is 8.79. The van der Waals surface area contributed by atoms with E-state index in [2.05, 4.69) is 4.98 Å². The second-order valence-electron chi connectivity index (χ2n) is 3.86. The van der Waals surface area contributed by atoms with Crippen molar-refractivity contribution in [2.45, 2.75) is 11.9 Å². The number of thiazole rings is 1. The van der Waals surface area contributed by atoms with Crippen molar-refractivity contribution in [3.05, 3.63) is 41.4 Å². The molecule has 1 aromatic carbocycles. The van der Waals surface area contributed by atoms with Crippen LogP contribution in [0.4, 0.5) is 0 Å². The van der Waals surface area contributed by atoms with Gasteiger partial charge in [-0.1, -0.05) is 30.3 Å². The van der Waals surface area contributed by atoms with Crippen molar-refractivity contribution in [3.63, 3.8) is 0 Å². The Morgan fingerprint density at radius 1 is 1.28 bits per heavy atom. The van der Waals surface area contributed by atoms with Crippen LogP contribution in [0.15, 0.2) is 35.7 Å². The molecule has 0 aliphatic carbocycles. The Bertz CT molecular complexity index is 473. The highest BCUT2D eigenvalue weighted by atomic mass is 32.2. The van der Waals surface area contributed by atoms with E-state index in [0.717, 1.165) is 22.0 Å². The van der Waals surface area contributed by atoms with Crippen molar-refractivity contribution >= 4 is 23.1 Å². The van der Waals surface area contributed by atoms with Crippen molar-refractivity contribution in [1.82, 2.24) is 4.98 Å². The van der Waals surface area contributed by atoms with E-state index in [4.69, 9.17) is 5.11 Å². The molecule has 0 radical (unpaired) electrons. The number of hydrogen-bond donors (Lipinski definition) is 2. The lowest BCUT2D eigenvalue weighted by molar-refractivity contribution is 0.113. The molecule has 1 aromatic heterocycles. The van der Waals surface area contributed by atoms with Crippen LogP contribution in [0.25, 0.3) is 10.6 Å². The molecule has 2 aromatic rings. The summed E-state index contributed by atoms with van der Waals surface area (Å²) < 4.78 is 0. The maximum Gasteiger partial charge on any atom is 0.123 e. The van der Waals surface area contributed by atoms with E-state index in [1.807, 2.05) is 35.7 Å². The smallest absolute Gasteiger partial charge is 0.123 e. The van der Waals surface area contributed by atoms with E-state index in [1.54, 1.807) is 23.1 Å². The zero-order chi connectivity index (χ0) is 12.8. The number of aromatic nitrogens is 1. The van der Waals surface area contributed by atoms with E-state index in [9.17, 15) is 5.11 Å². The Hall–Kier alpha value is -0.880. The molecule has 18 heavy (non-hydrogen) atoms. The largest absolute Gasteiger partial charge is 0.394 e. The van der Waals surface area contributed by atoms with Crippen LogP contribution >= 0.6 is 23.1 Å². The molecule has 0 spiro atoms. The van der Waals surface area contributed by atoms with Crippen molar-refractivity contribution < 1.29 is 10.2 Å². The molecule has 0 bridgehead atoms. The molecular formula is C13H15NO2S2. The lowest BCUT2D eigenvalue weighted by Crippen LogP contribution is -2.14. The Labute approximate surface area is 115 Å². The summed E-state index contributed by atoms with van der Waals surface area (Å²) in [6.07, 6.45) is -0.637. The summed E-state index contributed by atoms with van der Waals surface area (Å²) in [6, 6.07) is 10.1. The van der Waals surface area contributed by atoms with Gasteiger partial charge in [0.15, 0.2) is 0 Å². The Morgan fingerprint density at radius 2 is 2.06 bits per heavy atom. The topological polar surface area (TPSA) is 53.4 Å². The Morgan fingerprint density at radius 3 is 2.78 bits per heavy atom. The fourth-order valence-electron chi connectivity index (χ4n) is 1.44. The molecule has 3 nitrogen and oxygen atoms in total. The molecule has 1 unspecified atom stereocenters. The highest BCUT2D eigenvalue weighted by Gasteiger charge is 2.06. The molecular weight excluding hydrogens is 266 g/mol. The molecule has 0 saturated carbocycles. The second-order valence-corrected chi connectivity index (χ2v) is 5.75. The number of rotatable bonds is 6. The van der Waals surface area contributed by atoms with E-state index in [0.29, 0.717) is 5.75 Å². The first kappa shape index (κ1) is 13.5. The average Bonchev–Trinajstić information content (AvgIpc) is 2.88. The third-order valence-electron chi connectivity index (χ3n) is 2.34. The van der Waals surface area contributed by atoms with Gasteiger partial charge < -0.3 is 10.2 Å². The van der Waals surface area contributed by atoms with Crippen LogP contribution in [0.5, 0.6) is 0 Å². The van der Waals surface area contributed by atoms with Gasteiger partial charge in [-0.05, 0) is 0 Å². The fraction of sp³-hybridized carbons (Fsp3) is 0.308. The van der Waals surface area contributed by atoms with Gasteiger partial charge in [-0.3, -0.25) is 0 Å². The lowest BCUT2D eigenvalue weighted by atomic mass is 10.2. The number of hydrogen-bond acceptors (Lipinski definition) is 5. The quantitative estimate of drug-likeness (QED) is 0.853. The van der Waals surface area contributed by atoms with Gasteiger partial charge in [-0.15, -0.1) is 11.3 Å². The van der Waals surface area contributed by atoms with Gasteiger partial charge in [0.2, 0.25) is 0 Å². The molecule has 0 aliphatic heterocycles. The minimum absolute atomic E-state index is 0.181. The van der Waals surface area contributed by atoms with Crippen LogP contribution in [-0.2, 0) is 5.75 Å². The van der Waals surface area contributed by atoms with Gasteiger partial charge in [0, 0.05) is 22.4 Å². The van der Waals surface area contributed by atoms with E-state index in [-0.39, 0.29) is 6.61 Å². The maximum absolute atomic E-state index is 9.23. The van der Waals surface area contributed by atoms with Crippen LogP contribution in [0.3, 0.4) is 0 Å². The molecule has 5 heteroatoms. The molecule has 1 atom stereocenters. The third-order valence-corrected chi connectivity index (χ3v) is 4.40. The normalized spacial score (nSPS) is 12.6. The molecule has 0 aliphatic rings. The molecule has 0 amide bonds. The predicted octanol–water partition coefficient (Wildman–Crippen LogP) is 2.40. The predicted molar refractivity (Wildman–Crippen MR) is 76.8 cm³/mol. The summed E-state index contributed by atoms with van der Waals surface area (Å²) in [6.45, 7) is -0.181.